The van der Waals surface area contributed by atoms with Crippen molar-refractivity contribution in [1.82, 2.24) is 20.3 Å². The maximum Gasteiger partial charge on any atom is 0.261 e. The number of amides is 1. The van der Waals surface area contributed by atoms with Gasteiger partial charge in [0.15, 0.2) is 5.82 Å². The molecule has 8 heteroatoms. The van der Waals surface area contributed by atoms with Crippen LogP contribution >= 0.6 is 11.3 Å². The quantitative estimate of drug-likeness (QED) is 0.714. The monoisotopic (exact) mass is 396 g/mol. The van der Waals surface area contributed by atoms with E-state index in [4.69, 9.17) is 0 Å². The van der Waals surface area contributed by atoms with Gasteiger partial charge in [0.25, 0.3) is 5.91 Å². The SMILES string of the molecule is CN(C)c1nc(CNC(=O)c2cc3ccccc3s2)nc(N2CCCCC2)n1. The number of aromatic nitrogens is 3. The Balaban J connectivity index is 1.51. The molecule has 1 saturated heterocycles. The van der Waals surface area contributed by atoms with Crippen LogP contribution in [0.15, 0.2) is 30.3 Å². The van der Waals surface area contributed by atoms with Crippen molar-refractivity contribution in [2.75, 3.05) is 37.0 Å². The van der Waals surface area contributed by atoms with Crippen molar-refractivity contribution in [2.45, 2.75) is 25.8 Å². The number of anilines is 2. The molecule has 0 unspecified atom stereocenters. The summed E-state index contributed by atoms with van der Waals surface area (Å²) in [5.74, 6) is 1.78. The summed E-state index contributed by atoms with van der Waals surface area (Å²) < 4.78 is 1.11. The Morgan fingerprint density at radius 2 is 1.93 bits per heavy atom. The number of hydrogen-bond acceptors (Lipinski definition) is 7. The molecule has 28 heavy (non-hydrogen) atoms. The molecule has 0 saturated carbocycles. The van der Waals surface area contributed by atoms with Gasteiger partial charge in [0.1, 0.15) is 0 Å². The lowest BCUT2D eigenvalue weighted by molar-refractivity contribution is 0.0954. The summed E-state index contributed by atoms with van der Waals surface area (Å²) in [6.45, 7) is 2.20. The van der Waals surface area contributed by atoms with Crippen molar-refractivity contribution in [1.29, 1.82) is 0 Å². The van der Waals surface area contributed by atoms with Crippen molar-refractivity contribution >= 4 is 39.2 Å². The smallest absolute Gasteiger partial charge is 0.261 e. The highest BCUT2D eigenvalue weighted by atomic mass is 32.1. The Morgan fingerprint density at radius 3 is 2.68 bits per heavy atom. The summed E-state index contributed by atoms with van der Waals surface area (Å²) in [6, 6.07) is 9.93. The van der Waals surface area contributed by atoms with E-state index in [0.29, 0.717) is 22.6 Å². The average Bonchev–Trinajstić information content (AvgIpc) is 3.17. The fraction of sp³-hybridized carbons (Fsp3) is 0.400. The van der Waals surface area contributed by atoms with Gasteiger partial charge in [-0.05, 0) is 36.8 Å². The minimum absolute atomic E-state index is 0.104. The first kappa shape index (κ1) is 18.6. The molecule has 7 nitrogen and oxygen atoms in total. The number of benzene rings is 1. The molecule has 1 aliphatic heterocycles. The van der Waals surface area contributed by atoms with Gasteiger partial charge < -0.3 is 15.1 Å². The number of piperidine rings is 1. The number of rotatable bonds is 5. The molecule has 0 spiro atoms. The van der Waals surface area contributed by atoms with E-state index < -0.39 is 0 Å². The minimum Gasteiger partial charge on any atom is -0.347 e. The average molecular weight is 397 g/mol. The lowest BCUT2D eigenvalue weighted by atomic mass is 10.1. The Bertz CT molecular complexity index is 947. The van der Waals surface area contributed by atoms with E-state index in [1.54, 1.807) is 0 Å². The van der Waals surface area contributed by atoms with Crippen LogP contribution in [0.1, 0.15) is 34.8 Å². The normalized spacial score (nSPS) is 14.3. The maximum absolute atomic E-state index is 12.6. The first-order chi connectivity index (χ1) is 13.6. The van der Waals surface area contributed by atoms with Crippen molar-refractivity contribution in [3.05, 3.63) is 41.0 Å². The van der Waals surface area contributed by atoms with Crippen LogP contribution in [0.5, 0.6) is 0 Å². The molecule has 3 heterocycles. The van der Waals surface area contributed by atoms with Crippen molar-refractivity contribution in [3.63, 3.8) is 0 Å². The molecule has 1 aliphatic rings. The lowest BCUT2D eigenvalue weighted by Gasteiger charge is -2.27. The minimum atomic E-state index is -0.104. The van der Waals surface area contributed by atoms with Crippen LogP contribution < -0.4 is 15.1 Å². The zero-order chi connectivity index (χ0) is 19.5. The topological polar surface area (TPSA) is 74.2 Å². The van der Waals surface area contributed by atoms with Crippen LogP contribution in [0.4, 0.5) is 11.9 Å². The van der Waals surface area contributed by atoms with Crippen molar-refractivity contribution in [2.24, 2.45) is 0 Å². The summed E-state index contributed by atoms with van der Waals surface area (Å²) in [5.41, 5.74) is 0. The fourth-order valence-electron chi connectivity index (χ4n) is 3.25. The summed E-state index contributed by atoms with van der Waals surface area (Å²) in [5, 5.41) is 4.04. The van der Waals surface area contributed by atoms with E-state index in [0.717, 1.165) is 36.0 Å². The highest BCUT2D eigenvalue weighted by Crippen LogP contribution is 2.25. The molecule has 4 rings (SSSR count). The second-order valence-electron chi connectivity index (χ2n) is 7.12. The zero-order valence-corrected chi connectivity index (χ0v) is 17.0. The first-order valence-corrected chi connectivity index (χ1v) is 10.4. The molecule has 1 aromatic carbocycles. The van der Waals surface area contributed by atoms with Crippen LogP contribution in [-0.4, -0.2) is 48.0 Å². The molecular weight excluding hydrogens is 372 g/mol. The van der Waals surface area contributed by atoms with Crippen molar-refractivity contribution in [3.8, 4) is 0 Å². The molecule has 0 aliphatic carbocycles. The van der Waals surface area contributed by atoms with Crippen LogP contribution in [0.2, 0.25) is 0 Å². The third-order valence-corrected chi connectivity index (χ3v) is 5.87. The van der Waals surface area contributed by atoms with Gasteiger partial charge in [-0.3, -0.25) is 4.79 Å². The standard InChI is InChI=1S/C20H24N6OS/c1-25(2)19-22-17(23-20(24-19)26-10-6-3-7-11-26)13-21-18(27)16-12-14-8-4-5-9-15(14)28-16/h4-5,8-9,12H,3,6-7,10-11,13H2,1-2H3,(H,21,27). The highest BCUT2D eigenvalue weighted by molar-refractivity contribution is 7.20. The molecule has 1 N–H and O–H groups in total. The number of hydrogen-bond donors (Lipinski definition) is 1. The number of nitrogens with one attached hydrogen (secondary N) is 1. The predicted molar refractivity (Wildman–Crippen MR) is 113 cm³/mol. The van der Waals surface area contributed by atoms with E-state index in [1.807, 2.05) is 49.3 Å². The third kappa shape index (κ3) is 4.06. The predicted octanol–water partition coefficient (Wildman–Crippen LogP) is 3.07. The molecule has 0 atom stereocenters. The number of nitrogens with zero attached hydrogens (tertiary/aromatic N) is 5. The molecule has 0 bridgehead atoms. The van der Waals surface area contributed by atoms with Crippen LogP contribution in [0, 0.1) is 0 Å². The number of thiophene rings is 1. The largest absolute Gasteiger partial charge is 0.347 e. The summed E-state index contributed by atoms with van der Waals surface area (Å²) in [4.78, 5) is 31.1. The van der Waals surface area contributed by atoms with E-state index in [9.17, 15) is 4.79 Å². The molecule has 1 amide bonds. The van der Waals surface area contributed by atoms with Gasteiger partial charge in [-0.25, -0.2) is 0 Å². The Kier molecular flexibility index (Phi) is 5.38. The molecule has 1 fully saturated rings. The fourth-order valence-corrected chi connectivity index (χ4v) is 4.23. The van der Waals surface area contributed by atoms with Gasteiger partial charge in [-0.2, -0.15) is 15.0 Å². The Morgan fingerprint density at radius 1 is 1.14 bits per heavy atom. The second-order valence-corrected chi connectivity index (χ2v) is 8.21. The molecule has 3 aromatic rings. The Hall–Kier alpha value is -2.74. The zero-order valence-electron chi connectivity index (χ0n) is 16.2. The van der Waals surface area contributed by atoms with Crippen molar-refractivity contribution < 1.29 is 4.79 Å². The van der Waals surface area contributed by atoms with E-state index in [2.05, 4.69) is 25.2 Å². The Labute approximate surface area is 168 Å². The lowest BCUT2D eigenvalue weighted by Crippen LogP contribution is -2.32. The first-order valence-electron chi connectivity index (χ1n) is 9.54. The summed E-state index contributed by atoms with van der Waals surface area (Å²) >= 11 is 1.49. The van der Waals surface area contributed by atoms with Gasteiger partial charge in [0.2, 0.25) is 11.9 Å². The third-order valence-electron chi connectivity index (χ3n) is 4.75. The van der Waals surface area contributed by atoms with Crippen LogP contribution in [-0.2, 0) is 6.54 Å². The number of carbonyl (C=O) groups excluding carboxylic acids is 1. The van der Waals surface area contributed by atoms with Gasteiger partial charge >= 0.3 is 0 Å². The number of fused-ring (bicyclic) bond motifs is 1. The molecule has 2 aromatic heterocycles. The molecule has 0 radical (unpaired) electrons. The van der Waals surface area contributed by atoms with E-state index in [1.165, 1.54) is 17.8 Å². The summed E-state index contributed by atoms with van der Waals surface area (Å²) in [7, 11) is 3.82. The van der Waals surface area contributed by atoms with E-state index >= 15 is 0 Å². The maximum atomic E-state index is 12.6. The van der Waals surface area contributed by atoms with Gasteiger partial charge in [0, 0.05) is 31.9 Å². The van der Waals surface area contributed by atoms with Gasteiger partial charge in [0.05, 0.1) is 11.4 Å². The summed E-state index contributed by atoms with van der Waals surface area (Å²) in [6.07, 6.45) is 3.56. The molecule has 146 valence electrons. The molecular formula is C20H24N6OS. The van der Waals surface area contributed by atoms with Crippen LogP contribution in [0.25, 0.3) is 10.1 Å². The van der Waals surface area contributed by atoms with Gasteiger partial charge in [-0.15, -0.1) is 11.3 Å². The number of carbonyl (C=O) groups is 1. The van der Waals surface area contributed by atoms with Crippen LogP contribution in [0.3, 0.4) is 0 Å². The second kappa shape index (κ2) is 8.10. The van der Waals surface area contributed by atoms with Gasteiger partial charge in [-0.1, -0.05) is 18.2 Å². The van der Waals surface area contributed by atoms with E-state index in [-0.39, 0.29) is 12.5 Å². The highest BCUT2D eigenvalue weighted by Gasteiger charge is 2.18.